The standard InChI is InChI=1S/C15H24N2O2/c1-3-9-19-13-5-4-8-16-14(13)17-12-15(2)6-10-18-11-7-15/h4-5,8H,3,6-7,9-12H2,1-2H3,(H,16,17). The van der Waals surface area contributed by atoms with Crippen molar-refractivity contribution < 1.29 is 9.47 Å². The largest absolute Gasteiger partial charge is 0.490 e. The number of hydrogen-bond acceptors (Lipinski definition) is 4. The van der Waals surface area contributed by atoms with Crippen molar-refractivity contribution in [3.05, 3.63) is 18.3 Å². The Bertz CT molecular complexity index is 389. The van der Waals surface area contributed by atoms with Gasteiger partial charge in [-0.15, -0.1) is 0 Å². The Labute approximate surface area is 115 Å². The quantitative estimate of drug-likeness (QED) is 0.857. The first-order chi connectivity index (χ1) is 9.23. The summed E-state index contributed by atoms with van der Waals surface area (Å²) in [5, 5.41) is 3.44. The number of anilines is 1. The molecule has 0 unspecified atom stereocenters. The van der Waals surface area contributed by atoms with E-state index >= 15 is 0 Å². The minimum atomic E-state index is 0.289. The minimum Gasteiger partial charge on any atom is -0.490 e. The number of hydrogen-bond donors (Lipinski definition) is 1. The van der Waals surface area contributed by atoms with Crippen molar-refractivity contribution in [1.82, 2.24) is 4.98 Å². The second-order valence-electron chi connectivity index (χ2n) is 5.48. The summed E-state index contributed by atoms with van der Waals surface area (Å²) in [4.78, 5) is 4.38. The van der Waals surface area contributed by atoms with Crippen LogP contribution >= 0.6 is 0 Å². The number of rotatable bonds is 6. The molecule has 0 saturated carbocycles. The number of pyridine rings is 1. The molecule has 2 heterocycles. The molecular formula is C15H24N2O2. The lowest BCUT2D eigenvalue weighted by atomic mass is 9.82. The van der Waals surface area contributed by atoms with Gasteiger partial charge in [0.1, 0.15) is 0 Å². The van der Waals surface area contributed by atoms with Gasteiger partial charge in [-0.3, -0.25) is 0 Å². The maximum absolute atomic E-state index is 5.71. The van der Waals surface area contributed by atoms with Crippen molar-refractivity contribution in [3.8, 4) is 5.75 Å². The highest BCUT2D eigenvalue weighted by Gasteiger charge is 2.27. The maximum Gasteiger partial charge on any atom is 0.168 e. The van der Waals surface area contributed by atoms with E-state index in [4.69, 9.17) is 9.47 Å². The third kappa shape index (κ3) is 4.10. The normalized spacial score (nSPS) is 18.0. The molecule has 4 nitrogen and oxygen atoms in total. The van der Waals surface area contributed by atoms with Crippen LogP contribution in [-0.2, 0) is 4.74 Å². The lowest BCUT2D eigenvalue weighted by Gasteiger charge is -2.33. The number of ether oxygens (including phenoxy) is 2. The van der Waals surface area contributed by atoms with Crippen LogP contribution in [0.25, 0.3) is 0 Å². The monoisotopic (exact) mass is 264 g/mol. The van der Waals surface area contributed by atoms with Gasteiger partial charge in [0.2, 0.25) is 0 Å². The molecule has 2 rings (SSSR count). The highest BCUT2D eigenvalue weighted by molar-refractivity contribution is 5.49. The van der Waals surface area contributed by atoms with E-state index < -0.39 is 0 Å². The molecule has 0 spiro atoms. The van der Waals surface area contributed by atoms with Gasteiger partial charge in [0.15, 0.2) is 11.6 Å². The molecule has 1 aromatic heterocycles. The van der Waals surface area contributed by atoms with Crippen LogP contribution in [0.3, 0.4) is 0 Å². The van der Waals surface area contributed by atoms with E-state index in [-0.39, 0.29) is 5.41 Å². The van der Waals surface area contributed by atoms with Gasteiger partial charge >= 0.3 is 0 Å². The molecule has 0 aromatic carbocycles. The van der Waals surface area contributed by atoms with Crippen LogP contribution in [0.5, 0.6) is 5.75 Å². The van der Waals surface area contributed by atoms with E-state index in [1.807, 2.05) is 12.1 Å². The first-order valence-corrected chi connectivity index (χ1v) is 7.13. The number of nitrogens with one attached hydrogen (secondary N) is 1. The van der Waals surface area contributed by atoms with Crippen molar-refractivity contribution in [2.75, 3.05) is 31.7 Å². The Kier molecular flexibility index (Phi) is 5.02. The van der Waals surface area contributed by atoms with Crippen LogP contribution in [0.1, 0.15) is 33.1 Å². The van der Waals surface area contributed by atoms with E-state index in [2.05, 4.69) is 24.1 Å². The second-order valence-corrected chi connectivity index (χ2v) is 5.48. The van der Waals surface area contributed by atoms with Crippen LogP contribution in [0.15, 0.2) is 18.3 Å². The summed E-state index contributed by atoms with van der Waals surface area (Å²) < 4.78 is 11.1. The molecule has 106 valence electrons. The van der Waals surface area contributed by atoms with Crippen LogP contribution in [0.2, 0.25) is 0 Å². The van der Waals surface area contributed by atoms with Crippen LogP contribution < -0.4 is 10.1 Å². The zero-order valence-corrected chi connectivity index (χ0v) is 11.9. The van der Waals surface area contributed by atoms with E-state index in [9.17, 15) is 0 Å². The van der Waals surface area contributed by atoms with Gasteiger partial charge in [-0.05, 0) is 36.8 Å². The van der Waals surface area contributed by atoms with Gasteiger partial charge in [-0.2, -0.15) is 0 Å². The predicted molar refractivity (Wildman–Crippen MR) is 76.7 cm³/mol. The summed E-state index contributed by atoms with van der Waals surface area (Å²) in [6.45, 7) is 7.77. The molecule has 1 aliphatic rings. The lowest BCUT2D eigenvalue weighted by Crippen LogP contribution is -2.33. The van der Waals surface area contributed by atoms with Crippen LogP contribution in [0, 0.1) is 5.41 Å². The molecule has 1 aromatic rings. The molecule has 1 aliphatic heterocycles. The molecule has 0 atom stereocenters. The number of nitrogens with zero attached hydrogens (tertiary/aromatic N) is 1. The average Bonchev–Trinajstić information content (AvgIpc) is 2.45. The summed E-state index contributed by atoms with van der Waals surface area (Å²) in [5.74, 6) is 1.70. The zero-order chi connectivity index (χ0) is 13.6. The van der Waals surface area contributed by atoms with Gasteiger partial charge in [0, 0.05) is 26.0 Å². The second kappa shape index (κ2) is 6.75. The van der Waals surface area contributed by atoms with Crippen molar-refractivity contribution in [1.29, 1.82) is 0 Å². The molecular weight excluding hydrogens is 240 g/mol. The molecule has 1 saturated heterocycles. The Balaban J connectivity index is 1.94. The smallest absolute Gasteiger partial charge is 0.168 e. The summed E-state index contributed by atoms with van der Waals surface area (Å²) in [6.07, 6.45) is 4.99. The van der Waals surface area contributed by atoms with Crippen LogP contribution in [-0.4, -0.2) is 31.3 Å². The van der Waals surface area contributed by atoms with Gasteiger partial charge < -0.3 is 14.8 Å². The molecule has 0 amide bonds. The Morgan fingerprint density at radius 3 is 2.95 bits per heavy atom. The van der Waals surface area contributed by atoms with Crippen LogP contribution in [0.4, 0.5) is 5.82 Å². The fourth-order valence-electron chi connectivity index (χ4n) is 2.19. The number of aromatic nitrogens is 1. The summed E-state index contributed by atoms with van der Waals surface area (Å²) in [6, 6.07) is 3.88. The maximum atomic E-state index is 5.71. The van der Waals surface area contributed by atoms with Crippen molar-refractivity contribution in [2.24, 2.45) is 5.41 Å². The Hall–Kier alpha value is -1.29. The molecule has 0 bridgehead atoms. The summed E-state index contributed by atoms with van der Waals surface area (Å²) >= 11 is 0. The average molecular weight is 264 g/mol. The topological polar surface area (TPSA) is 43.4 Å². The first-order valence-electron chi connectivity index (χ1n) is 7.13. The molecule has 1 fully saturated rings. The van der Waals surface area contributed by atoms with Gasteiger partial charge in [0.25, 0.3) is 0 Å². The van der Waals surface area contributed by atoms with E-state index in [1.165, 1.54) is 0 Å². The third-order valence-corrected chi connectivity index (χ3v) is 3.61. The summed E-state index contributed by atoms with van der Waals surface area (Å²) in [5.41, 5.74) is 0.289. The van der Waals surface area contributed by atoms with E-state index in [1.54, 1.807) is 6.20 Å². The highest BCUT2D eigenvalue weighted by atomic mass is 16.5. The zero-order valence-electron chi connectivity index (χ0n) is 11.9. The fraction of sp³-hybridized carbons (Fsp3) is 0.667. The third-order valence-electron chi connectivity index (χ3n) is 3.61. The van der Waals surface area contributed by atoms with E-state index in [0.29, 0.717) is 0 Å². The molecule has 19 heavy (non-hydrogen) atoms. The predicted octanol–water partition coefficient (Wildman–Crippen LogP) is 3.10. The fourth-order valence-corrected chi connectivity index (χ4v) is 2.19. The molecule has 4 heteroatoms. The van der Waals surface area contributed by atoms with Crippen molar-refractivity contribution in [3.63, 3.8) is 0 Å². The Morgan fingerprint density at radius 1 is 1.42 bits per heavy atom. The van der Waals surface area contributed by atoms with Gasteiger partial charge in [-0.1, -0.05) is 13.8 Å². The SMILES string of the molecule is CCCOc1cccnc1NCC1(C)CCOCC1. The highest BCUT2D eigenvalue weighted by Crippen LogP contribution is 2.31. The Morgan fingerprint density at radius 2 is 2.21 bits per heavy atom. The van der Waals surface area contributed by atoms with Gasteiger partial charge in [-0.25, -0.2) is 4.98 Å². The molecule has 0 aliphatic carbocycles. The molecule has 1 N–H and O–H groups in total. The van der Waals surface area contributed by atoms with E-state index in [0.717, 1.165) is 57.2 Å². The first kappa shape index (κ1) is 14.1. The van der Waals surface area contributed by atoms with Gasteiger partial charge in [0.05, 0.1) is 6.61 Å². The summed E-state index contributed by atoms with van der Waals surface area (Å²) in [7, 11) is 0. The van der Waals surface area contributed by atoms with Crippen molar-refractivity contribution >= 4 is 5.82 Å². The van der Waals surface area contributed by atoms with Crippen molar-refractivity contribution in [2.45, 2.75) is 33.1 Å². The molecule has 0 radical (unpaired) electrons. The minimum absolute atomic E-state index is 0.289. The lowest BCUT2D eigenvalue weighted by molar-refractivity contribution is 0.0299.